The number of rotatable bonds is 26. The summed E-state index contributed by atoms with van der Waals surface area (Å²) in [5.41, 5.74) is 2.02. The van der Waals surface area contributed by atoms with Gasteiger partial charge in [0.1, 0.15) is 27.4 Å². The molecule has 0 spiro atoms. The predicted molar refractivity (Wildman–Crippen MR) is 232 cm³/mol. The Hall–Kier alpha value is -2.84. The van der Waals surface area contributed by atoms with Gasteiger partial charge < -0.3 is 24.2 Å². The zero-order valence-electron chi connectivity index (χ0n) is 34.9. The molecule has 13 heteroatoms. The fraction of sp³-hybridized carbons (Fsp3) is 0.478. The Labute approximate surface area is 383 Å². The molecule has 4 aromatic rings. The van der Waals surface area contributed by atoms with Crippen LogP contribution in [0.15, 0.2) is 94.7 Å². The number of benzene rings is 4. The number of hydrogen-bond donors (Lipinski definition) is 2. The number of aromatic hydroxyl groups is 1. The third-order valence-corrected chi connectivity index (χ3v) is 11.5. The van der Waals surface area contributed by atoms with Crippen molar-refractivity contribution in [3.63, 3.8) is 0 Å². The number of ether oxygens (including phenoxy) is 2. The third kappa shape index (κ3) is 21.5. The van der Waals surface area contributed by atoms with Crippen molar-refractivity contribution < 1.29 is 45.6 Å². The zero-order chi connectivity index (χ0) is 42.2. The van der Waals surface area contributed by atoms with Crippen LogP contribution in [0.1, 0.15) is 141 Å². The van der Waals surface area contributed by atoms with Crippen LogP contribution in [-0.4, -0.2) is 68.8 Å². The van der Waals surface area contributed by atoms with Gasteiger partial charge in [0.25, 0.3) is 10.1 Å². The van der Waals surface area contributed by atoms with E-state index in [-0.39, 0.29) is 82.0 Å². The Kier molecular flexibility index (Phi) is 25.4. The van der Waals surface area contributed by atoms with E-state index in [1.165, 1.54) is 133 Å². The van der Waals surface area contributed by atoms with Gasteiger partial charge in [-0.25, -0.2) is 8.42 Å². The molecule has 59 heavy (non-hydrogen) atoms. The van der Waals surface area contributed by atoms with Crippen molar-refractivity contribution in [2.75, 3.05) is 0 Å². The van der Waals surface area contributed by atoms with Crippen molar-refractivity contribution in [3.05, 3.63) is 96.1 Å². The molecule has 4 rings (SSSR count). The second-order valence-electron chi connectivity index (χ2n) is 14.8. The first-order chi connectivity index (χ1) is 27.8. The second-order valence-corrected chi connectivity index (χ2v) is 17.6. The van der Waals surface area contributed by atoms with Gasteiger partial charge >= 0.3 is 37.7 Å². The Morgan fingerprint density at radius 3 is 1.37 bits per heavy atom. The van der Waals surface area contributed by atoms with E-state index in [0.717, 1.165) is 49.3 Å². The minimum absolute atomic E-state index is 0. The molecule has 0 saturated heterocycles. The van der Waals surface area contributed by atoms with E-state index in [4.69, 9.17) is 14.0 Å². The summed E-state index contributed by atoms with van der Waals surface area (Å²) in [5, 5.41) is 22.5. The van der Waals surface area contributed by atoms with E-state index < -0.39 is 20.2 Å². The van der Waals surface area contributed by atoms with E-state index in [9.17, 15) is 31.6 Å². The fourth-order valence-corrected chi connectivity index (χ4v) is 7.54. The van der Waals surface area contributed by atoms with Gasteiger partial charge in [0, 0.05) is 6.07 Å². The molecule has 2 N–H and O–H groups in total. The van der Waals surface area contributed by atoms with E-state index in [1.54, 1.807) is 30.3 Å². The molecule has 0 fully saturated rings. The van der Waals surface area contributed by atoms with E-state index in [0.29, 0.717) is 0 Å². The SMILES string of the molecule is CCCCCCCCCCCc1ccc(Oc2cccc(S(=O)(=O)O)c2)c(O)c1.CCCCCCCCCCCc1ccc(Oc2cccc(S(=O)(=O)[O-])c2)c([O-])c1.[Ca+2]. The summed E-state index contributed by atoms with van der Waals surface area (Å²) in [5.74, 6) is 0.479. The van der Waals surface area contributed by atoms with Gasteiger partial charge in [0.05, 0.1) is 9.79 Å². The van der Waals surface area contributed by atoms with Gasteiger partial charge in [-0.05, 0) is 85.3 Å². The Balaban J connectivity index is 0.000000400. The van der Waals surface area contributed by atoms with Crippen molar-refractivity contribution in [3.8, 4) is 34.5 Å². The molecule has 10 nitrogen and oxygen atoms in total. The van der Waals surface area contributed by atoms with E-state index in [1.807, 2.05) is 12.1 Å². The average molecular weight is 879 g/mol. The minimum atomic E-state index is -4.57. The summed E-state index contributed by atoms with van der Waals surface area (Å²) >= 11 is 0. The van der Waals surface area contributed by atoms with Crippen LogP contribution in [0, 0.1) is 0 Å². The van der Waals surface area contributed by atoms with Crippen LogP contribution < -0.4 is 14.6 Å². The smallest absolute Gasteiger partial charge is 0.870 e. The monoisotopic (exact) mass is 878 g/mol. The molecule has 0 heterocycles. The summed E-state index contributed by atoms with van der Waals surface area (Å²) in [6, 6.07) is 21.0. The molecule has 320 valence electrons. The number of unbranched alkanes of at least 4 members (excludes halogenated alkanes) is 16. The van der Waals surface area contributed by atoms with Gasteiger partial charge in [-0.15, -0.1) is 0 Å². The van der Waals surface area contributed by atoms with Gasteiger partial charge in [0.2, 0.25) is 0 Å². The molecule has 0 aliphatic carbocycles. The Morgan fingerprint density at radius 1 is 0.525 bits per heavy atom. The van der Waals surface area contributed by atoms with Gasteiger partial charge in [-0.2, -0.15) is 8.42 Å². The van der Waals surface area contributed by atoms with Gasteiger partial charge in [-0.3, -0.25) is 4.55 Å². The van der Waals surface area contributed by atoms with E-state index in [2.05, 4.69) is 13.8 Å². The Morgan fingerprint density at radius 2 is 0.932 bits per heavy atom. The molecule has 0 unspecified atom stereocenters. The van der Waals surface area contributed by atoms with Crippen molar-refractivity contribution in [2.45, 2.75) is 152 Å². The van der Waals surface area contributed by atoms with Crippen LogP contribution in [-0.2, 0) is 33.1 Å². The quantitative estimate of drug-likeness (QED) is 0.0351. The largest absolute Gasteiger partial charge is 2.00 e. The van der Waals surface area contributed by atoms with Crippen molar-refractivity contribution in [2.24, 2.45) is 0 Å². The third-order valence-electron chi connectivity index (χ3n) is 9.82. The topological polar surface area (TPSA) is 173 Å². The van der Waals surface area contributed by atoms with Crippen molar-refractivity contribution in [1.82, 2.24) is 0 Å². The minimum Gasteiger partial charge on any atom is -0.870 e. The maximum atomic E-state index is 12.3. The summed E-state index contributed by atoms with van der Waals surface area (Å²) < 4.78 is 75.9. The molecule has 0 aromatic heterocycles. The molecule has 0 radical (unpaired) electrons. The zero-order valence-corrected chi connectivity index (χ0v) is 38.8. The molecule has 0 aliphatic heterocycles. The van der Waals surface area contributed by atoms with Crippen molar-refractivity contribution >= 4 is 58.0 Å². The summed E-state index contributed by atoms with van der Waals surface area (Å²) in [7, 11) is -8.87. The molecular formula is C46H62CaO10S2. The predicted octanol–water partition coefficient (Wildman–Crippen LogP) is 11.7. The fourth-order valence-electron chi connectivity index (χ4n) is 6.52. The molecule has 0 amide bonds. The maximum absolute atomic E-state index is 12.3. The van der Waals surface area contributed by atoms with Crippen molar-refractivity contribution in [1.29, 1.82) is 0 Å². The molecular weight excluding hydrogens is 817 g/mol. The second kappa shape index (κ2) is 28.6. The number of hydrogen-bond acceptors (Lipinski definition) is 9. The maximum Gasteiger partial charge on any atom is 2.00 e. The van der Waals surface area contributed by atoms with Gasteiger partial charge in [-0.1, -0.05) is 153 Å². The standard InChI is InChI=1S/2C23H32O5S.Ca/c2*1-2-3-4-5-6-7-8-9-10-12-19-15-16-23(22(24)17-19)28-20-13-11-14-21(18-20)29(25,26)27;/h2*11,13-18,24H,2-10,12H2,1H3,(H,25,26,27);/q;;+2/p-2. The molecule has 0 bridgehead atoms. The van der Waals surface area contributed by atoms with Crippen LogP contribution in [0.2, 0.25) is 0 Å². The Bertz CT molecular complexity index is 1870. The number of aryl methyl sites for hydroxylation is 2. The first-order valence-corrected chi connectivity index (χ1v) is 23.8. The van der Waals surface area contributed by atoms with Crippen LogP contribution in [0.25, 0.3) is 0 Å². The van der Waals surface area contributed by atoms with Gasteiger partial charge in [0.15, 0.2) is 11.5 Å². The van der Waals surface area contributed by atoms with E-state index >= 15 is 0 Å². The normalized spacial score (nSPS) is 11.3. The first kappa shape index (κ1) is 52.3. The van der Waals surface area contributed by atoms with Crippen LogP contribution in [0.4, 0.5) is 0 Å². The first-order valence-electron chi connectivity index (χ1n) is 20.9. The number of phenolic OH excluding ortho intramolecular Hbond substituents is 1. The molecule has 0 aliphatic rings. The van der Waals surface area contributed by atoms with Crippen LogP contribution in [0.5, 0.6) is 34.5 Å². The summed E-state index contributed by atoms with van der Waals surface area (Å²) in [6.07, 6.45) is 24.6. The summed E-state index contributed by atoms with van der Waals surface area (Å²) in [4.78, 5) is -0.638. The summed E-state index contributed by atoms with van der Waals surface area (Å²) in [6.45, 7) is 4.46. The van der Waals surface area contributed by atoms with Crippen LogP contribution in [0.3, 0.4) is 0 Å². The molecule has 4 aromatic carbocycles. The molecule has 0 atom stereocenters. The molecule has 0 saturated carbocycles. The number of phenols is 1. The average Bonchev–Trinajstić information content (AvgIpc) is 3.18. The van der Waals surface area contributed by atoms with Crippen LogP contribution >= 0.6 is 0 Å².